The molecule has 0 amide bonds. The lowest BCUT2D eigenvalue weighted by atomic mass is 10.2. The summed E-state index contributed by atoms with van der Waals surface area (Å²) in [5.74, 6) is 0.834. The molecule has 18 heavy (non-hydrogen) atoms. The Hall–Kier alpha value is -2.62. The summed E-state index contributed by atoms with van der Waals surface area (Å²) < 4.78 is 1.98. The molecular weight excluding hydrogens is 226 g/mol. The van der Waals surface area contributed by atoms with Crippen molar-refractivity contribution >= 4 is 11.7 Å². The van der Waals surface area contributed by atoms with Crippen molar-refractivity contribution in [3.8, 4) is 11.4 Å². The third-order valence-corrected chi connectivity index (χ3v) is 2.79. The van der Waals surface area contributed by atoms with Gasteiger partial charge in [0.15, 0.2) is 0 Å². The van der Waals surface area contributed by atoms with Crippen molar-refractivity contribution in [2.24, 2.45) is 5.16 Å². The Morgan fingerprint density at radius 3 is 2.61 bits per heavy atom. The van der Waals surface area contributed by atoms with Crippen LogP contribution in [0.5, 0.6) is 0 Å². The molecule has 1 aromatic carbocycles. The lowest BCUT2D eigenvalue weighted by Crippen LogP contribution is -1.87. The first-order valence-corrected chi connectivity index (χ1v) is 5.60. The van der Waals surface area contributed by atoms with Crippen LogP contribution in [0.1, 0.15) is 5.69 Å². The molecule has 1 N–H and O–H groups in total. The van der Waals surface area contributed by atoms with Crippen LogP contribution in [0.2, 0.25) is 0 Å². The second kappa shape index (κ2) is 4.33. The molecule has 0 radical (unpaired) electrons. The van der Waals surface area contributed by atoms with Gasteiger partial charge in [-0.15, -0.1) is 0 Å². The molecule has 88 valence electrons. The number of hydrogen-bond acceptors (Lipinski definition) is 3. The molecule has 4 heteroatoms. The lowest BCUT2D eigenvalue weighted by molar-refractivity contribution is 0.322. The number of aromatic nitrogens is 2. The summed E-state index contributed by atoms with van der Waals surface area (Å²) in [6.45, 7) is 0. The molecule has 2 heterocycles. The van der Waals surface area contributed by atoms with Crippen LogP contribution in [0.4, 0.5) is 0 Å². The average Bonchev–Trinajstić information content (AvgIpc) is 2.80. The van der Waals surface area contributed by atoms with Gasteiger partial charge in [-0.05, 0) is 12.1 Å². The minimum Gasteiger partial charge on any atom is -0.411 e. The summed E-state index contributed by atoms with van der Waals surface area (Å²) in [5.41, 5.74) is 2.59. The van der Waals surface area contributed by atoms with Gasteiger partial charge in [0.25, 0.3) is 0 Å². The Kier molecular flexibility index (Phi) is 2.53. The van der Waals surface area contributed by atoms with Crippen LogP contribution in [0.25, 0.3) is 16.9 Å². The average molecular weight is 237 g/mol. The maximum absolute atomic E-state index is 8.68. The van der Waals surface area contributed by atoms with Gasteiger partial charge in [-0.25, -0.2) is 4.98 Å². The highest BCUT2D eigenvalue weighted by Gasteiger charge is 2.10. The van der Waals surface area contributed by atoms with E-state index in [0.29, 0.717) is 5.69 Å². The number of hydrogen-bond donors (Lipinski definition) is 1. The first-order chi connectivity index (χ1) is 8.90. The third kappa shape index (κ3) is 1.64. The van der Waals surface area contributed by atoms with Gasteiger partial charge in [-0.2, -0.15) is 0 Å². The lowest BCUT2D eigenvalue weighted by Gasteiger charge is -1.99. The van der Waals surface area contributed by atoms with Crippen molar-refractivity contribution in [2.45, 2.75) is 0 Å². The molecule has 0 unspecified atom stereocenters. The number of fused-ring (bicyclic) bond motifs is 1. The first kappa shape index (κ1) is 10.5. The van der Waals surface area contributed by atoms with Crippen LogP contribution >= 0.6 is 0 Å². The number of rotatable bonds is 2. The zero-order valence-electron chi connectivity index (χ0n) is 9.56. The fourth-order valence-electron chi connectivity index (χ4n) is 2.00. The van der Waals surface area contributed by atoms with Gasteiger partial charge in [-0.3, -0.25) is 4.40 Å². The number of imidazole rings is 1. The smallest absolute Gasteiger partial charge is 0.145 e. The van der Waals surface area contributed by atoms with E-state index in [-0.39, 0.29) is 0 Å². The van der Waals surface area contributed by atoms with Gasteiger partial charge in [0.2, 0.25) is 0 Å². The first-order valence-electron chi connectivity index (χ1n) is 5.60. The van der Waals surface area contributed by atoms with Crippen molar-refractivity contribution in [3.63, 3.8) is 0 Å². The van der Waals surface area contributed by atoms with Crippen LogP contribution in [0.15, 0.2) is 59.9 Å². The summed E-state index contributed by atoms with van der Waals surface area (Å²) in [6.07, 6.45) is 3.29. The molecule has 0 fully saturated rings. The molecule has 0 aliphatic carbocycles. The van der Waals surface area contributed by atoms with Gasteiger partial charge < -0.3 is 5.21 Å². The van der Waals surface area contributed by atoms with E-state index in [4.69, 9.17) is 5.21 Å². The zero-order chi connectivity index (χ0) is 12.4. The fourth-order valence-corrected chi connectivity index (χ4v) is 2.00. The molecule has 3 rings (SSSR count). The number of oxime groups is 1. The van der Waals surface area contributed by atoms with Gasteiger partial charge in [0.05, 0.1) is 11.7 Å². The molecule has 0 atom stereocenters. The van der Waals surface area contributed by atoms with E-state index in [2.05, 4.69) is 10.1 Å². The fraction of sp³-hybridized carbons (Fsp3) is 0. The van der Waals surface area contributed by atoms with E-state index in [9.17, 15) is 0 Å². The van der Waals surface area contributed by atoms with Gasteiger partial charge >= 0.3 is 0 Å². The summed E-state index contributed by atoms with van der Waals surface area (Å²) in [7, 11) is 0. The minimum atomic E-state index is 0.650. The molecule has 0 bridgehead atoms. The monoisotopic (exact) mass is 237 g/mol. The molecule has 0 aliphatic rings. The summed E-state index contributed by atoms with van der Waals surface area (Å²) in [6, 6.07) is 15.7. The Labute approximate surface area is 104 Å². The van der Waals surface area contributed by atoms with Crippen LogP contribution in [0.3, 0.4) is 0 Å². The maximum atomic E-state index is 8.68. The highest BCUT2D eigenvalue weighted by molar-refractivity contribution is 5.88. The molecule has 0 aliphatic heterocycles. The molecule has 4 nitrogen and oxygen atoms in total. The Balaban J connectivity index is 2.30. The topological polar surface area (TPSA) is 49.9 Å². The second-order valence-corrected chi connectivity index (χ2v) is 3.89. The van der Waals surface area contributed by atoms with Gasteiger partial charge in [0, 0.05) is 11.8 Å². The van der Waals surface area contributed by atoms with Crippen molar-refractivity contribution in [1.82, 2.24) is 9.38 Å². The maximum Gasteiger partial charge on any atom is 0.145 e. The highest BCUT2D eigenvalue weighted by atomic mass is 16.4. The second-order valence-electron chi connectivity index (χ2n) is 3.89. The van der Waals surface area contributed by atoms with E-state index in [1.54, 1.807) is 0 Å². The molecule has 2 aromatic heterocycles. The summed E-state index contributed by atoms with van der Waals surface area (Å²) in [5, 5.41) is 11.7. The van der Waals surface area contributed by atoms with Gasteiger partial charge in [0.1, 0.15) is 11.5 Å². The standard InChI is InChI=1S/C14H11N3O/c18-15-10-12-13-8-4-5-9-17(13)14(16-12)11-6-2-1-3-7-11/h1-10,18H. The number of pyridine rings is 1. The van der Waals surface area contributed by atoms with Crippen molar-refractivity contribution < 1.29 is 5.21 Å². The summed E-state index contributed by atoms with van der Waals surface area (Å²) in [4.78, 5) is 4.50. The normalized spacial score (nSPS) is 11.3. The molecule has 0 saturated carbocycles. The van der Waals surface area contributed by atoms with Crippen LogP contribution in [-0.2, 0) is 0 Å². The van der Waals surface area contributed by atoms with E-state index in [1.807, 2.05) is 59.1 Å². The molecule has 0 saturated heterocycles. The van der Waals surface area contributed by atoms with Gasteiger partial charge in [-0.1, -0.05) is 41.6 Å². The quantitative estimate of drug-likeness (QED) is 0.423. The third-order valence-electron chi connectivity index (χ3n) is 2.79. The Morgan fingerprint density at radius 1 is 1.06 bits per heavy atom. The van der Waals surface area contributed by atoms with Crippen molar-refractivity contribution in [3.05, 3.63) is 60.4 Å². The largest absolute Gasteiger partial charge is 0.411 e. The number of benzene rings is 1. The van der Waals surface area contributed by atoms with E-state index < -0.39 is 0 Å². The molecule has 3 aromatic rings. The molecular formula is C14H11N3O. The molecule has 0 spiro atoms. The summed E-state index contributed by atoms with van der Waals surface area (Å²) >= 11 is 0. The number of nitrogens with zero attached hydrogens (tertiary/aromatic N) is 3. The highest BCUT2D eigenvalue weighted by Crippen LogP contribution is 2.21. The van der Waals surface area contributed by atoms with Crippen LogP contribution in [0, 0.1) is 0 Å². The Bertz CT molecular complexity index is 701. The van der Waals surface area contributed by atoms with Crippen LogP contribution < -0.4 is 0 Å². The van der Waals surface area contributed by atoms with Crippen molar-refractivity contribution in [1.29, 1.82) is 0 Å². The predicted molar refractivity (Wildman–Crippen MR) is 70.0 cm³/mol. The zero-order valence-corrected chi connectivity index (χ0v) is 9.56. The van der Waals surface area contributed by atoms with Crippen molar-refractivity contribution in [2.75, 3.05) is 0 Å². The van der Waals surface area contributed by atoms with E-state index >= 15 is 0 Å². The van der Waals surface area contributed by atoms with E-state index in [1.165, 1.54) is 6.21 Å². The SMILES string of the molecule is ON=Cc1nc(-c2ccccc2)n2ccccc12. The van der Waals surface area contributed by atoms with E-state index in [0.717, 1.165) is 16.9 Å². The minimum absolute atomic E-state index is 0.650. The predicted octanol–water partition coefficient (Wildman–Crippen LogP) is 2.81. The Morgan fingerprint density at radius 2 is 1.83 bits per heavy atom. The van der Waals surface area contributed by atoms with Crippen LogP contribution in [-0.4, -0.2) is 20.8 Å².